The van der Waals surface area contributed by atoms with Gasteiger partial charge >= 0.3 is 0 Å². The second-order valence-electron chi connectivity index (χ2n) is 4.28. The molecule has 2 heteroatoms. The van der Waals surface area contributed by atoms with Crippen molar-refractivity contribution in [3.63, 3.8) is 0 Å². The molecule has 0 heterocycles. The van der Waals surface area contributed by atoms with Crippen LogP contribution in [-0.4, -0.2) is 4.18 Å². The summed E-state index contributed by atoms with van der Waals surface area (Å²) >= 11 is 1.86. The van der Waals surface area contributed by atoms with Crippen molar-refractivity contribution in [3.8, 4) is 0 Å². The van der Waals surface area contributed by atoms with Gasteiger partial charge in [-0.25, -0.2) is 4.39 Å². The van der Waals surface area contributed by atoms with Crippen molar-refractivity contribution >= 4 is 22.6 Å². The number of alkyl halides is 2. The van der Waals surface area contributed by atoms with Gasteiger partial charge in [-0.3, -0.25) is 0 Å². The van der Waals surface area contributed by atoms with Crippen LogP contribution in [0.4, 0.5) is 4.39 Å². The van der Waals surface area contributed by atoms with E-state index in [4.69, 9.17) is 0 Å². The molecule has 0 radical (unpaired) electrons. The first kappa shape index (κ1) is 14.7. The molecule has 0 aromatic rings. The Balaban J connectivity index is 3.05. The minimum Gasteiger partial charge on any atom is -0.236 e. The highest BCUT2D eigenvalue weighted by atomic mass is 127. The van der Waals surface area contributed by atoms with Gasteiger partial charge in [0, 0.05) is 0 Å². The van der Waals surface area contributed by atoms with Gasteiger partial charge in [-0.05, 0) is 41.4 Å². The molecule has 0 bridgehead atoms. The van der Waals surface area contributed by atoms with E-state index in [1.165, 1.54) is 38.5 Å². The molecule has 0 amide bonds. The Hall–Kier alpha value is 0.660. The number of hydrogen-bond donors (Lipinski definition) is 0. The Morgan fingerprint density at radius 2 is 1.57 bits per heavy atom. The van der Waals surface area contributed by atoms with Crippen LogP contribution >= 0.6 is 22.6 Å². The van der Waals surface area contributed by atoms with Crippen molar-refractivity contribution in [3.05, 3.63) is 0 Å². The van der Waals surface area contributed by atoms with Crippen LogP contribution in [0.3, 0.4) is 0 Å². The Morgan fingerprint density at radius 3 is 2.07 bits per heavy atom. The Bertz CT molecular complexity index is 115. The summed E-state index contributed by atoms with van der Waals surface area (Å²) in [5, 5.41) is 0. The summed E-state index contributed by atoms with van der Waals surface area (Å²) in [7, 11) is 0. The van der Waals surface area contributed by atoms with E-state index in [1.54, 1.807) is 0 Å². The van der Waals surface area contributed by atoms with E-state index in [-0.39, 0.29) is 0 Å². The lowest BCUT2D eigenvalue weighted by molar-refractivity contribution is 0.419. The molecule has 0 aromatic carbocycles. The molecule has 0 saturated heterocycles. The fraction of sp³-hybridized carbons (Fsp3) is 1.00. The minimum absolute atomic E-state index is 0.633. The van der Waals surface area contributed by atoms with Crippen molar-refractivity contribution in [2.45, 2.75) is 69.4 Å². The molecule has 0 rings (SSSR count). The average Bonchev–Trinajstić information content (AvgIpc) is 2.11. The van der Waals surface area contributed by atoms with E-state index in [0.29, 0.717) is 0 Å². The number of unbranched alkanes of at least 4 members (excludes halogenated alkanes) is 3. The molecule has 0 aliphatic heterocycles. The summed E-state index contributed by atoms with van der Waals surface area (Å²) < 4.78 is 11.8. The quantitative estimate of drug-likeness (QED) is 0.300. The van der Waals surface area contributed by atoms with Gasteiger partial charge in [-0.2, -0.15) is 0 Å². The van der Waals surface area contributed by atoms with Gasteiger partial charge in [0.15, 0.2) is 4.18 Å². The van der Waals surface area contributed by atoms with Gasteiger partial charge < -0.3 is 0 Å². The highest BCUT2D eigenvalue weighted by Crippen LogP contribution is 2.17. The lowest BCUT2D eigenvalue weighted by Gasteiger charge is -2.09. The van der Waals surface area contributed by atoms with Crippen LogP contribution in [0.5, 0.6) is 0 Å². The summed E-state index contributed by atoms with van der Waals surface area (Å²) in [6.07, 6.45) is 9.66. The predicted molar refractivity (Wildman–Crippen MR) is 70.7 cm³/mol. The normalized spacial score (nSPS) is 15.4. The third kappa shape index (κ3) is 10.7. The summed E-state index contributed by atoms with van der Waals surface area (Å²) in [6.45, 7) is 4.59. The van der Waals surface area contributed by atoms with Crippen molar-refractivity contribution in [1.82, 2.24) is 0 Å². The zero-order chi connectivity index (χ0) is 10.8. The van der Waals surface area contributed by atoms with Crippen LogP contribution in [0.1, 0.15) is 65.2 Å². The maximum atomic E-state index is 12.4. The molecular formula is C12H24FI. The Labute approximate surface area is 102 Å². The monoisotopic (exact) mass is 314 g/mol. The Morgan fingerprint density at radius 1 is 1.00 bits per heavy atom. The lowest BCUT2D eigenvalue weighted by Crippen LogP contribution is -1.94. The van der Waals surface area contributed by atoms with E-state index in [2.05, 4.69) is 13.8 Å². The van der Waals surface area contributed by atoms with E-state index in [0.717, 1.165) is 18.8 Å². The van der Waals surface area contributed by atoms with Crippen LogP contribution in [0.2, 0.25) is 0 Å². The van der Waals surface area contributed by atoms with E-state index in [9.17, 15) is 4.39 Å². The van der Waals surface area contributed by atoms with Gasteiger partial charge in [-0.1, -0.05) is 52.4 Å². The lowest BCUT2D eigenvalue weighted by atomic mass is 9.98. The smallest absolute Gasteiger partial charge is 0.151 e. The molecule has 0 aliphatic carbocycles. The standard InChI is InChI=1S/C12H24FI/c1-3-8-11(2)9-6-4-5-7-10-12(13)14/h11-12H,3-10H2,1-2H3/t11-,12-/m0/s1. The molecule has 0 aliphatic rings. The van der Waals surface area contributed by atoms with Crippen LogP contribution in [0.25, 0.3) is 0 Å². The van der Waals surface area contributed by atoms with Gasteiger partial charge in [0.05, 0.1) is 0 Å². The molecule has 0 spiro atoms. The first-order valence-electron chi connectivity index (χ1n) is 5.95. The van der Waals surface area contributed by atoms with Gasteiger partial charge in [-0.15, -0.1) is 0 Å². The van der Waals surface area contributed by atoms with Crippen molar-refractivity contribution in [1.29, 1.82) is 0 Å². The number of rotatable bonds is 9. The topological polar surface area (TPSA) is 0 Å². The molecule has 0 N–H and O–H groups in total. The largest absolute Gasteiger partial charge is 0.236 e. The van der Waals surface area contributed by atoms with Crippen LogP contribution < -0.4 is 0 Å². The summed E-state index contributed by atoms with van der Waals surface area (Å²) in [4.78, 5) is 0. The fourth-order valence-electron chi connectivity index (χ4n) is 1.78. The second kappa shape index (κ2) is 10.2. The van der Waals surface area contributed by atoms with E-state index >= 15 is 0 Å². The first-order valence-corrected chi connectivity index (χ1v) is 7.19. The fourth-order valence-corrected chi connectivity index (χ4v) is 2.22. The molecule has 0 saturated carbocycles. The van der Waals surface area contributed by atoms with Gasteiger partial charge in [0.1, 0.15) is 0 Å². The van der Waals surface area contributed by atoms with Crippen molar-refractivity contribution in [2.24, 2.45) is 5.92 Å². The van der Waals surface area contributed by atoms with Gasteiger partial charge in [0.2, 0.25) is 0 Å². The molecule has 0 nitrogen and oxygen atoms in total. The maximum absolute atomic E-state index is 12.4. The van der Waals surface area contributed by atoms with Crippen LogP contribution in [-0.2, 0) is 0 Å². The first-order chi connectivity index (χ1) is 6.66. The summed E-state index contributed by atoms with van der Waals surface area (Å²) in [6, 6.07) is 0. The molecule has 0 unspecified atom stereocenters. The minimum atomic E-state index is -0.633. The average molecular weight is 314 g/mol. The second-order valence-corrected chi connectivity index (χ2v) is 5.63. The zero-order valence-corrected chi connectivity index (χ0v) is 11.7. The molecule has 14 heavy (non-hydrogen) atoms. The highest BCUT2D eigenvalue weighted by molar-refractivity contribution is 14.1. The number of halogens is 2. The van der Waals surface area contributed by atoms with E-state index in [1.807, 2.05) is 22.6 Å². The van der Waals surface area contributed by atoms with Crippen molar-refractivity contribution in [2.75, 3.05) is 0 Å². The molecule has 86 valence electrons. The van der Waals surface area contributed by atoms with Gasteiger partial charge in [0.25, 0.3) is 0 Å². The summed E-state index contributed by atoms with van der Waals surface area (Å²) in [5.74, 6) is 0.887. The third-order valence-electron chi connectivity index (χ3n) is 2.65. The van der Waals surface area contributed by atoms with Crippen molar-refractivity contribution < 1.29 is 4.39 Å². The molecule has 0 aromatic heterocycles. The SMILES string of the molecule is CCC[C@H](C)CCCCCC[C@@H](F)I. The van der Waals surface area contributed by atoms with Crippen LogP contribution in [0, 0.1) is 5.92 Å². The van der Waals surface area contributed by atoms with E-state index < -0.39 is 4.18 Å². The predicted octanol–water partition coefficient (Wildman–Crippen LogP) is 5.49. The third-order valence-corrected chi connectivity index (χ3v) is 3.27. The molecule has 0 fully saturated rings. The zero-order valence-electron chi connectivity index (χ0n) is 9.57. The Kier molecular flexibility index (Phi) is 10.7. The molecular weight excluding hydrogens is 290 g/mol. The maximum Gasteiger partial charge on any atom is 0.151 e. The highest BCUT2D eigenvalue weighted by Gasteiger charge is 2.01. The molecule has 2 atom stereocenters. The van der Waals surface area contributed by atoms with Crippen LogP contribution in [0.15, 0.2) is 0 Å². The number of hydrogen-bond acceptors (Lipinski definition) is 0. The summed E-state index contributed by atoms with van der Waals surface area (Å²) in [5.41, 5.74) is 0.